The van der Waals surface area contributed by atoms with E-state index in [0.717, 1.165) is 52.4 Å². The fourth-order valence-electron chi connectivity index (χ4n) is 5.44. The maximum atomic E-state index is 13.2. The van der Waals surface area contributed by atoms with Gasteiger partial charge < -0.3 is 18.9 Å². The molecule has 1 aliphatic rings. The smallest absolute Gasteiger partial charge is 0.227 e. The number of benzene rings is 4. The van der Waals surface area contributed by atoms with Crippen molar-refractivity contribution in [2.45, 2.75) is 32.2 Å². The zero-order chi connectivity index (χ0) is 25.9. The van der Waals surface area contributed by atoms with Crippen LogP contribution < -0.4 is 14.4 Å². The summed E-state index contributed by atoms with van der Waals surface area (Å²) in [6, 6.07) is 30.4. The van der Waals surface area contributed by atoms with Crippen molar-refractivity contribution in [1.82, 2.24) is 9.55 Å². The van der Waals surface area contributed by atoms with E-state index >= 15 is 0 Å². The molecule has 4 aromatic carbocycles. The van der Waals surface area contributed by atoms with Crippen molar-refractivity contribution in [2.24, 2.45) is 0 Å². The average Bonchev–Trinajstić information content (AvgIpc) is 3.52. The molecule has 0 N–H and O–H groups in total. The molecule has 1 unspecified atom stereocenters. The van der Waals surface area contributed by atoms with Crippen LogP contribution in [0.5, 0.6) is 11.5 Å². The molecular formula is C32H31N3O3. The van der Waals surface area contributed by atoms with Crippen LogP contribution in [0.25, 0.3) is 21.8 Å². The fraction of sp³-hybridized carbons (Fsp3) is 0.250. The van der Waals surface area contributed by atoms with Gasteiger partial charge in [-0.05, 0) is 49.1 Å². The van der Waals surface area contributed by atoms with Gasteiger partial charge in [-0.2, -0.15) is 0 Å². The number of anilines is 1. The molecule has 0 bridgehead atoms. The molecule has 38 heavy (non-hydrogen) atoms. The average molecular weight is 506 g/mol. The summed E-state index contributed by atoms with van der Waals surface area (Å²) in [5.74, 6) is 2.71. The van der Waals surface area contributed by atoms with Gasteiger partial charge in [-0.15, -0.1) is 0 Å². The van der Waals surface area contributed by atoms with Crippen molar-refractivity contribution in [3.05, 3.63) is 96.8 Å². The molecule has 1 aromatic heterocycles. The molecule has 1 saturated heterocycles. The molecule has 1 atom stereocenters. The number of hydrogen-bond acceptors (Lipinski definition) is 4. The maximum absolute atomic E-state index is 13.2. The third kappa shape index (κ3) is 4.58. The predicted molar refractivity (Wildman–Crippen MR) is 151 cm³/mol. The summed E-state index contributed by atoms with van der Waals surface area (Å²) >= 11 is 0. The lowest BCUT2D eigenvalue weighted by Gasteiger charge is -2.20. The van der Waals surface area contributed by atoms with Crippen LogP contribution in [-0.4, -0.2) is 35.2 Å². The maximum Gasteiger partial charge on any atom is 0.227 e. The number of imidazole rings is 1. The molecule has 6 rings (SSSR count). The van der Waals surface area contributed by atoms with Gasteiger partial charge in [0.15, 0.2) is 0 Å². The second-order valence-electron chi connectivity index (χ2n) is 9.60. The van der Waals surface area contributed by atoms with Crippen LogP contribution in [0.3, 0.4) is 0 Å². The molecule has 1 aliphatic heterocycles. The number of hydrogen-bond donors (Lipinski definition) is 0. The number of ether oxygens (including phenoxy) is 2. The number of fused-ring (bicyclic) bond motifs is 2. The highest BCUT2D eigenvalue weighted by molar-refractivity contribution is 5.98. The van der Waals surface area contributed by atoms with Gasteiger partial charge in [-0.3, -0.25) is 4.79 Å². The molecule has 2 heterocycles. The Bertz CT molecular complexity index is 1590. The van der Waals surface area contributed by atoms with E-state index in [-0.39, 0.29) is 11.8 Å². The van der Waals surface area contributed by atoms with E-state index in [1.54, 1.807) is 0 Å². The number of carbonyl (C=O) groups is 1. The van der Waals surface area contributed by atoms with E-state index in [2.05, 4.69) is 28.8 Å². The van der Waals surface area contributed by atoms with Gasteiger partial charge in [0, 0.05) is 30.8 Å². The van der Waals surface area contributed by atoms with Gasteiger partial charge >= 0.3 is 0 Å². The summed E-state index contributed by atoms with van der Waals surface area (Å²) in [5, 5.41) is 2.30. The second kappa shape index (κ2) is 10.6. The summed E-state index contributed by atoms with van der Waals surface area (Å²) in [5.41, 5.74) is 2.87. The third-order valence-corrected chi connectivity index (χ3v) is 7.16. The van der Waals surface area contributed by atoms with Crippen LogP contribution >= 0.6 is 0 Å². The van der Waals surface area contributed by atoms with E-state index in [0.29, 0.717) is 26.2 Å². The summed E-state index contributed by atoms with van der Waals surface area (Å²) in [4.78, 5) is 20.0. The normalized spacial score (nSPS) is 15.4. The first-order chi connectivity index (χ1) is 18.7. The highest BCUT2D eigenvalue weighted by Gasteiger charge is 2.36. The molecule has 6 nitrogen and oxygen atoms in total. The third-order valence-electron chi connectivity index (χ3n) is 7.16. The number of nitrogens with zero attached hydrogens (tertiary/aromatic N) is 3. The Hall–Kier alpha value is -4.32. The lowest BCUT2D eigenvalue weighted by Crippen LogP contribution is -2.25. The van der Waals surface area contributed by atoms with Crippen LogP contribution in [0.1, 0.15) is 31.5 Å². The topological polar surface area (TPSA) is 56.6 Å². The van der Waals surface area contributed by atoms with Crippen molar-refractivity contribution < 1.29 is 14.3 Å². The molecule has 0 aliphatic carbocycles. The van der Waals surface area contributed by atoms with E-state index in [9.17, 15) is 4.79 Å². The van der Waals surface area contributed by atoms with Crippen molar-refractivity contribution in [1.29, 1.82) is 0 Å². The van der Waals surface area contributed by atoms with Crippen molar-refractivity contribution in [3.8, 4) is 11.5 Å². The lowest BCUT2D eigenvalue weighted by atomic mass is 10.1. The molecular weight excluding hydrogens is 474 g/mol. The van der Waals surface area contributed by atoms with Gasteiger partial charge in [0.2, 0.25) is 5.91 Å². The van der Waals surface area contributed by atoms with E-state index < -0.39 is 0 Å². The highest BCUT2D eigenvalue weighted by atomic mass is 16.5. The van der Waals surface area contributed by atoms with E-state index in [1.165, 1.54) is 5.39 Å². The van der Waals surface area contributed by atoms with Gasteiger partial charge in [-0.1, -0.05) is 60.7 Å². The number of aromatic nitrogens is 2. The minimum Gasteiger partial charge on any atom is -0.493 e. The van der Waals surface area contributed by atoms with Crippen LogP contribution in [0.2, 0.25) is 0 Å². The monoisotopic (exact) mass is 505 g/mol. The first-order valence-electron chi connectivity index (χ1n) is 13.3. The number of rotatable bonds is 9. The van der Waals surface area contributed by atoms with Crippen LogP contribution in [0, 0.1) is 0 Å². The molecule has 6 heteroatoms. The van der Waals surface area contributed by atoms with Gasteiger partial charge in [-0.25, -0.2) is 4.98 Å². The Morgan fingerprint density at radius 1 is 0.868 bits per heavy atom. The molecule has 0 saturated carbocycles. The highest BCUT2D eigenvalue weighted by Crippen LogP contribution is 2.37. The Morgan fingerprint density at radius 3 is 2.55 bits per heavy atom. The first-order valence-corrected chi connectivity index (χ1v) is 13.3. The molecule has 0 spiro atoms. The zero-order valence-corrected chi connectivity index (χ0v) is 21.5. The fourth-order valence-corrected chi connectivity index (χ4v) is 5.44. The van der Waals surface area contributed by atoms with Gasteiger partial charge in [0.25, 0.3) is 0 Å². The summed E-state index contributed by atoms with van der Waals surface area (Å²) < 4.78 is 14.3. The summed E-state index contributed by atoms with van der Waals surface area (Å²) in [6.45, 7) is 4.45. The van der Waals surface area contributed by atoms with Crippen molar-refractivity contribution >= 4 is 33.4 Å². The van der Waals surface area contributed by atoms with Crippen LogP contribution in [0.15, 0.2) is 91.0 Å². The Kier molecular flexibility index (Phi) is 6.69. The molecule has 1 fully saturated rings. The lowest BCUT2D eigenvalue weighted by molar-refractivity contribution is -0.117. The Labute approximate surface area is 222 Å². The number of aryl methyl sites for hydroxylation is 1. The SMILES string of the molecule is CCOc1ccccc1N1CC(c2nc3ccccc3n2CCCOc2cccc3ccccc23)CC1=O. The molecule has 192 valence electrons. The van der Waals surface area contributed by atoms with Crippen LogP contribution in [0.4, 0.5) is 5.69 Å². The second-order valence-corrected chi connectivity index (χ2v) is 9.60. The first kappa shape index (κ1) is 24.0. The number of carbonyl (C=O) groups excluding carboxylic acids is 1. The standard InChI is InChI=1S/C32H31N3O3/c1-2-37-30-17-8-7-16-28(30)35-22-24(21-31(35)36)32-33-26-14-5-6-15-27(26)34(32)19-10-20-38-29-18-9-12-23-11-3-4-13-25(23)29/h3-9,11-18,24H,2,10,19-22H2,1H3. The summed E-state index contributed by atoms with van der Waals surface area (Å²) in [7, 11) is 0. The minimum absolute atomic E-state index is 0.00330. The van der Waals surface area contributed by atoms with Crippen molar-refractivity contribution in [2.75, 3.05) is 24.7 Å². The van der Waals surface area contributed by atoms with E-state index in [1.807, 2.05) is 78.6 Å². The number of amides is 1. The van der Waals surface area contributed by atoms with Crippen LogP contribution in [-0.2, 0) is 11.3 Å². The largest absolute Gasteiger partial charge is 0.493 e. The quantitative estimate of drug-likeness (QED) is 0.212. The minimum atomic E-state index is 0.00330. The van der Waals surface area contributed by atoms with Crippen molar-refractivity contribution in [3.63, 3.8) is 0 Å². The molecule has 1 amide bonds. The van der Waals surface area contributed by atoms with Gasteiger partial charge in [0.05, 0.1) is 29.9 Å². The van der Waals surface area contributed by atoms with E-state index in [4.69, 9.17) is 14.5 Å². The molecule has 5 aromatic rings. The number of para-hydroxylation sites is 4. The Morgan fingerprint density at radius 2 is 1.63 bits per heavy atom. The summed E-state index contributed by atoms with van der Waals surface area (Å²) in [6.07, 6.45) is 1.25. The van der Waals surface area contributed by atoms with Gasteiger partial charge in [0.1, 0.15) is 17.3 Å². The molecule has 0 radical (unpaired) electrons. The predicted octanol–water partition coefficient (Wildman–Crippen LogP) is 6.58. The Balaban J connectivity index is 1.22. The zero-order valence-electron chi connectivity index (χ0n) is 21.5.